The van der Waals surface area contributed by atoms with Gasteiger partial charge in [0.2, 0.25) is 0 Å². The zero-order chi connectivity index (χ0) is 14.5. The van der Waals surface area contributed by atoms with Crippen LogP contribution in [0.3, 0.4) is 0 Å². The third kappa shape index (κ3) is 4.08. The Labute approximate surface area is 136 Å². The summed E-state index contributed by atoms with van der Waals surface area (Å²) in [6.07, 6.45) is 7.11. The molecule has 2 fully saturated rings. The molecule has 0 bridgehead atoms. The van der Waals surface area contributed by atoms with Crippen LogP contribution in [0.5, 0.6) is 0 Å². The highest BCUT2D eigenvalue weighted by atomic mass is 79.9. The molecule has 3 heteroatoms. The predicted molar refractivity (Wildman–Crippen MR) is 88.8 cm³/mol. The molecule has 21 heavy (non-hydrogen) atoms. The van der Waals surface area contributed by atoms with Crippen molar-refractivity contribution in [2.75, 3.05) is 19.8 Å². The van der Waals surface area contributed by atoms with Crippen LogP contribution in [-0.2, 0) is 9.47 Å². The summed E-state index contributed by atoms with van der Waals surface area (Å²) >= 11 is 3.85. The van der Waals surface area contributed by atoms with E-state index in [4.69, 9.17) is 9.47 Å². The summed E-state index contributed by atoms with van der Waals surface area (Å²) in [7, 11) is 0. The molecule has 1 aromatic rings. The average Bonchev–Trinajstić information content (AvgIpc) is 2.54. The molecule has 0 aliphatic carbocycles. The highest BCUT2D eigenvalue weighted by molar-refractivity contribution is 9.09. The first-order chi connectivity index (χ1) is 10.3. The molecule has 116 valence electrons. The van der Waals surface area contributed by atoms with Gasteiger partial charge in [0.15, 0.2) is 0 Å². The second kappa shape index (κ2) is 7.26. The molecule has 2 heterocycles. The third-order valence-corrected chi connectivity index (χ3v) is 5.98. The Morgan fingerprint density at radius 1 is 1.14 bits per heavy atom. The molecule has 2 aliphatic heterocycles. The average molecular weight is 353 g/mol. The Hall–Kier alpha value is -0.380. The highest BCUT2D eigenvalue weighted by Crippen LogP contribution is 2.40. The Morgan fingerprint density at radius 3 is 2.67 bits per heavy atom. The molecule has 2 saturated heterocycles. The van der Waals surface area contributed by atoms with Crippen molar-refractivity contribution in [2.24, 2.45) is 5.92 Å². The van der Waals surface area contributed by atoms with Crippen molar-refractivity contribution in [3.05, 3.63) is 35.9 Å². The first-order valence-corrected chi connectivity index (χ1v) is 9.10. The standard InChI is InChI=1S/C18H25BrO2/c19-17(16-4-2-1-3-5-16)7-6-15-8-11-21-18(14-15)9-12-20-13-10-18/h1-5,15,17H,6-14H2. The molecule has 3 rings (SSSR count). The Bertz CT molecular complexity index is 423. The number of halogens is 1. The fraction of sp³-hybridized carbons (Fsp3) is 0.667. The zero-order valence-electron chi connectivity index (χ0n) is 12.6. The lowest BCUT2D eigenvalue weighted by molar-refractivity contribution is -0.147. The highest BCUT2D eigenvalue weighted by Gasteiger charge is 2.38. The smallest absolute Gasteiger partial charge is 0.0729 e. The fourth-order valence-corrected chi connectivity index (χ4v) is 4.25. The minimum Gasteiger partial charge on any atom is -0.381 e. The van der Waals surface area contributed by atoms with Gasteiger partial charge in [0.25, 0.3) is 0 Å². The van der Waals surface area contributed by atoms with E-state index >= 15 is 0 Å². The zero-order valence-corrected chi connectivity index (χ0v) is 14.2. The molecule has 0 amide bonds. The van der Waals surface area contributed by atoms with Gasteiger partial charge in [0.1, 0.15) is 0 Å². The van der Waals surface area contributed by atoms with E-state index in [1.165, 1.54) is 31.2 Å². The van der Waals surface area contributed by atoms with Gasteiger partial charge in [-0.2, -0.15) is 0 Å². The molecule has 0 saturated carbocycles. The summed E-state index contributed by atoms with van der Waals surface area (Å²) in [6.45, 7) is 2.68. The minimum absolute atomic E-state index is 0.135. The van der Waals surface area contributed by atoms with E-state index in [1.54, 1.807) is 0 Å². The fourth-order valence-electron chi connectivity index (χ4n) is 3.68. The maximum absolute atomic E-state index is 6.14. The maximum atomic E-state index is 6.14. The quantitative estimate of drug-likeness (QED) is 0.719. The van der Waals surface area contributed by atoms with Crippen LogP contribution in [0.2, 0.25) is 0 Å². The van der Waals surface area contributed by atoms with Gasteiger partial charge in [0, 0.05) is 24.6 Å². The normalized spacial score (nSPS) is 26.6. The van der Waals surface area contributed by atoms with Gasteiger partial charge in [-0.05, 0) is 50.0 Å². The number of rotatable bonds is 4. The van der Waals surface area contributed by atoms with Crippen LogP contribution in [0.1, 0.15) is 48.9 Å². The molecular formula is C18H25BrO2. The van der Waals surface area contributed by atoms with Crippen molar-refractivity contribution in [1.82, 2.24) is 0 Å². The van der Waals surface area contributed by atoms with Crippen molar-refractivity contribution in [3.8, 4) is 0 Å². The Morgan fingerprint density at radius 2 is 1.90 bits per heavy atom. The molecule has 1 aromatic carbocycles. The van der Waals surface area contributed by atoms with Crippen molar-refractivity contribution < 1.29 is 9.47 Å². The van der Waals surface area contributed by atoms with Crippen LogP contribution >= 0.6 is 15.9 Å². The lowest BCUT2D eigenvalue weighted by Gasteiger charge is -2.43. The molecule has 0 N–H and O–H groups in total. The van der Waals surface area contributed by atoms with Crippen LogP contribution in [0, 0.1) is 5.92 Å². The third-order valence-electron chi connectivity index (χ3n) is 4.99. The topological polar surface area (TPSA) is 18.5 Å². The summed E-state index contributed by atoms with van der Waals surface area (Å²) in [6, 6.07) is 10.7. The first kappa shape index (κ1) is 15.5. The van der Waals surface area contributed by atoms with Gasteiger partial charge in [-0.15, -0.1) is 0 Å². The molecule has 0 aromatic heterocycles. The summed E-state index contributed by atoms with van der Waals surface area (Å²) < 4.78 is 11.6. The molecule has 2 nitrogen and oxygen atoms in total. The van der Waals surface area contributed by atoms with Crippen molar-refractivity contribution in [1.29, 1.82) is 0 Å². The number of benzene rings is 1. The van der Waals surface area contributed by atoms with E-state index < -0.39 is 0 Å². The van der Waals surface area contributed by atoms with Gasteiger partial charge in [-0.25, -0.2) is 0 Å². The second-order valence-corrected chi connectivity index (χ2v) is 7.56. The van der Waals surface area contributed by atoms with E-state index in [-0.39, 0.29) is 5.60 Å². The number of alkyl halides is 1. The Balaban J connectivity index is 1.51. The lowest BCUT2D eigenvalue weighted by Crippen LogP contribution is -2.44. The number of ether oxygens (including phenoxy) is 2. The minimum atomic E-state index is 0.135. The molecule has 2 atom stereocenters. The predicted octanol–water partition coefficient (Wildman–Crippen LogP) is 4.88. The van der Waals surface area contributed by atoms with Gasteiger partial charge in [-0.1, -0.05) is 46.3 Å². The van der Waals surface area contributed by atoms with Crippen LogP contribution in [0.4, 0.5) is 0 Å². The first-order valence-electron chi connectivity index (χ1n) is 8.18. The van der Waals surface area contributed by atoms with E-state index in [1.807, 2.05) is 0 Å². The van der Waals surface area contributed by atoms with E-state index in [2.05, 4.69) is 46.3 Å². The van der Waals surface area contributed by atoms with Crippen LogP contribution in [0.25, 0.3) is 0 Å². The molecule has 2 aliphatic rings. The summed E-state index contributed by atoms with van der Waals surface area (Å²) in [5, 5.41) is 0. The number of hydrogen-bond acceptors (Lipinski definition) is 2. The van der Waals surface area contributed by atoms with E-state index in [0.29, 0.717) is 4.83 Å². The van der Waals surface area contributed by atoms with Gasteiger partial charge < -0.3 is 9.47 Å². The van der Waals surface area contributed by atoms with Crippen molar-refractivity contribution in [2.45, 2.75) is 49.0 Å². The molecule has 0 radical (unpaired) electrons. The van der Waals surface area contributed by atoms with Crippen LogP contribution in [0.15, 0.2) is 30.3 Å². The van der Waals surface area contributed by atoms with E-state index in [0.717, 1.165) is 38.6 Å². The Kier molecular flexibility index (Phi) is 5.36. The number of hydrogen-bond donors (Lipinski definition) is 0. The van der Waals surface area contributed by atoms with Gasteiger partial charge in [0.05, 0.1) is 5.60 Å². The summed E-state index contributed by atoms with van der Waals surface area (Å²) in [5.74, 6) is 0.806. The summed E-state index contributed by atoms with van der Waals surface area (Å²) in [4.78, 5) is 0.479. The van der Waals surface area contributed by atoms with Crippen molar-refractivity contribution in [3.63, 3.8) is 0 Å². The van der Waals surface area contributed by atoms with Crippen LogP contribution in [-0.4, -0.2) is 25.4 Å². The van der Waals surface area contributed by atoms with Gasteiger partial charge >= 0.3 is 0 Å². The lowest BCUT2D eigenvalue weighted by atomic mass is 9.79. The SMILES string of the molecule is BrC(CCC1CCOC2(CCOCC2)C1)c1ccccc1. The van der Waals surface area contributed by atoms with Gasteiger partial charge in [-0.3, -0.25) is 0 Å². The maximum Gasteiger partial charge on any atom is 0.0729 e. The molecular weight excluding hydrogens is 328 g/mol. The molecule has 2 unspecified atom stereocenters. The largest absolute Gasteiger partial charge is 0.381 e. The summed E-state index contributed by atoms with van der Waals surface area (Å²) in [5.41, 5.74) is 1.53. The van der Waals surface area contributed by atoms with Crippen LogP contribution < -0.4 is 0 Å². The monoisotopic (exact) mass is 352 g/mol. The van der Waals surface area contributed by atoms with Crippen molar-refractivity contribution >= 4 is 15.9 Å². The second-order valence-electron chi connectivity index (χ2n) is 6.46. The molecule has 1 spiro atoms. The van der Waals surface area contributed by atoms with E-state index in [9.17, 15) is 0 Å².